The molecule has 3 N–H and O–H groups in total. The van der Waals surface area contributed by atoms with Gasteiger partial charge in [0.05, 0.1) is 5.60 Å². The maximum Gasteiger partial charge on any atom is 0.191 e. The van der Waals surface area contributed by atoms with Gasteiger partial charge in [0.1, 0.15) is 0 Å². The largest absolute Gasteiger partial charge is 0.388 e. The van der Waals surface area contributed by atoms with Gasteiger partial charge in [-0.1, -0.05) is 12.8 Å². The van der Waals surface area contributed by atoms with Gasteiger partial charge in [0.2, 0.25) is 0 Å². The van der Waals surface area contributed by atoms with E-state index in [1.807, 2.05) is 11.8 Å². The average Bonchev–Trinajstić information content (AvgIpc) is 3.00. The number of thioether (sulfide) groups is 1. The van der Waals surface area contributed by atoms with E-state index in [0.717, 1.165) is 38.2 Å². The number of hydrogen-bond donors (Lipinski definition) is 3. The highest BCUT2D eigenvalue weighted by Gasteiger charge is 2.32. The summed E-state index contributed by atoms with van der Waals surface area (Å²) in [5, 5.41) is 17.0. The zero-order chi connectivity index (χ0) is 13.8. The summed E-state index contributed by atoms with van der Waals surface area (Å²) in [6, 6.07) is 0. The van der Waals surface area contributed by atoms with E-state index in [-0.39, 0.29) is 0 Å². The highest BCUT2D eigenvalue weighted by atomic mass is 32.2. The van der Waals surface area contributed by atoms with Crippen LogP contribution in [0.5, 0.6) is 0 Å². The van der Waals surface area contributed by atoms with Crippen LogP contribution in [0.1, 0.15) is 45.4 Å². The Morgan fingerprint density at radius 2 is 1.84 bits per heavy atom. The molecule has 2 fully saturated rings. The maximum atomic E-state index is 10.3. The fourth-order valence-corrected chi connectivity index (χ4v) is 4.17. The molecule has 1 aliphatic carbocycles. The highest BCUT2D eigenvalue weighted by molar-refractivity contribution is 8.00. The molecule has 2 aliphatic rings. The van der Waals surface area contributed by atoms with Crippen LogP contribution < -0.4 is 10.6 Å². The summed E-state index contributed by atoms with van der Waals surface area (Å²) in [5.74, 6) is 2.08. The van der Waals surface area contributed by atoms with Crippen LogP contribution in [0.2, 0.25) is 0 Å². The Balaban J connectivity index is 1.74. The van der Waals surface area contributed by atoms with Gasteiger partial charge in [-0.2, -0.15) is 11.8 Å². The van der Waals surface area contributed by atoms with Gasteiger partial charge in [-0.05, 0) is 38.4 Å². The Labute approximate surface area is 120 Å². The zero-order valence-electron chi connectivity index (χ0n) is 12.2. The van der Waals surface area contributed by atoms with E-state index in [4.69, 9.17) is 0 Å². The molecule has 0 aromatic rings. The molecule has 0 spiro atoms. The predicted molar refractivity (Wildman–Crippen MR) is 82.9 cm³/mol. The predicted octanol–water partition coefficient (Wildman–Crippen LogP) is 1.74. The lowest BCUT2D eigenvalue weighted by Gasteiger charge is -2.27. The molecule has 1 aliphatic heterocycles. The SMILES string of the molecule is CN=C(NCC1(O)CCCC1)NCC1(C)CCCS1. The zero-order valence-corrected chi connectivity index (χ0v) is 13.0. The second kappa shape index (κ2) is 6.35. The van der Waals surface area contributed by atoms with Crippen LogP contribution in [0.25, 0.3) is 0 Å². The molecule has 1 saturated heterocycles. The van der Waals surface area contributed by atoms with Crippen molar-refractivity contribution < 1.29 is 5.11 Å². The highest BCUT2D eigenvalue weighted by Crippen LogP contribution is 2.36. The Morgan fingerprint density at radius 3 is 2.42 bits per heavy atom. The summed E-state index contributed by atoms with van der Waals surface area (Å²) in [6.07, 6.45) is 6.67. The van der Waals surface area contributed by atoms with E-state index >= 15 is 0 Å². The van der Waals surface area contributed by atoms with E-state index in [0.29, 0.717) is 11.3 Å². The molecule has 5 heteroatoms. The summed E-state index contributed by atoms with van der Waals surface area (Å²) in [6.45, 7) is 3.86. The summed E-state index contributed by atoms with van der Waals surface area (Å²) >= 11 is 2.05. The van der Waals surface area contributed by atoms with Crippen LogP contribution in [0.4, 0.5) is 0 Å². The van der Waals surface area contributed by atoms with Crippen molar-refractivity contribution in [3.8, 4) is 0 Å². The first-order valence-electron chi connectivity index (χ1n) is 7.36. The third-order valence-corrected chi connectivity index (χ3v) is 5.81. The van der Waals surface area contributed by atoms with Crippen molar-refractivity contribution in [2.24, 2.45) is 4.99 Å². The number of hydrogen-bond acceptors (Lipinski definition) is 3. The van der Waals surface area contributed by atoms with E-state index < -0.39 is 5.60 Å². The molecule has 0 amide bonds. The first-order chi connectivity index (χ1) is 9.05. The minimum Gasteiger partial charge on any atom is -0.388 e. The molecule has 0 radical (unpaired) electrons. The minimum atomic E-state index is -0.524. The fourth-order valence-electron chi connectivity index (χ4n) is 2.93. The van der Waals surface area contributed by atoms with Gasteiger partial charge < -0.3 is 15.7 Å². The van der Waals surface area contributed by atoms with E-state index in [2.05, 4.69) is 22.5 Å². The van der Waals surface area contributed by atoms with Crippen LogP contribution in [-0.2, 0) is 0 Å². The topological polar surface area (TPSA) is 56.7 Å². The normalized spacial score (nSPS) is 30.6. The monoisotopic (exact) mass is 285 g/mol. The van der Waals surface area contributed by atoms with E-state index in [1.165, 1.54) is 18.6 Å². The van der Waals surface area contributed by atoms with Crippen molar-refractivity contribution in [2.45, 2.75) is 55.8 Å². The van der Waals surface area contributed by atoms with Crippen LogP contribution in [0.3, 0.4) is 0 Å². The number of aliphatic hydroxyl groups is 1. The van der Waals surface area contributed by atoms with Crippen LogP contribution in [0.15, 0.2) is 4.99 Å². The lowest BCUT2D eigenvalue weighted by atomic mass is 10.0. The van der Waals surface area contributed by atoms with Crippen molar-refractivity contribution in [3.63, 3.8) is 0 Å². The maximum absolute atomic E-state index is 10.3. The standard InChI is InChI=1S/C14H27N3OS/c1-13(6-5-9-19-13)10-16-12(15-2)17-11-14(18)7-3-4-8-14/h18H,3-11H2,1-2H3,(H2,15,16,17). The Morgan fingerprint density at radius 1 is 1.16 bits per heavy atom. The Kier molecular flexibility index (Phi) is 5.01. The molecule has 2 rings (SSSR count). The third kappa shape index (κ3) is 4.28. The summed E-state index contributed by atoms with van der Waals surface area (Å²) in [5.41, 5.74) is -0.524. The smallest absolute Gasteiger partial charge is 0.191 e. The summed E-state index contributed by atoms with van der Waals surface area (Å²) in [7, 11) is 1.79. The molecule has 0 bridgehead atoms. The van der Waals surface area contributed by atoms with Crippen molar-refractivity contribution in [1.29, 1.82) is 0 Å². The second-order valence-corrected chi connectivity index (χ2v) is 7.80. The molecular formula is C14H27N3OS. The number of guanidine groups is 1. The average molecular weight is 285 g/mol. The van der Waals surface area contributed by atoms with Crippen LogP contribution >= 0.6 is 11.8 Å². The first kappa shape index (κ1) is 15.0. The molecule has 19 heavy (non-hydrogen) atoms. The molecule has 1 saturated carbocycles. The fraction of sp³-hybridized carbons (Fsp3) is 0.929. The van der Waals surface area contributed by atoms with Gasteiger partial charge >= 0.3 is 0 Å². The summed E-state index contributed by atoms with van der Waals surface area (Å²) < 4.78 is 0.335. The Hall–Kier alpha value is -0.420. The number of nitrogens with one attached hydrogen (secondary N) is 2. The van der Waals surface area contributed by atoms with Gasteiger partial charge in [0.25, 0.3) is 0 Å². The van der Waals surface area contributed by atoms with E-state index in [1.54, 1.807) is 7.05 Å². The van der Waals surface area contributed by atoms with Crippen molar-refractivity contribution in [3.05, 3.63) is 0 Å². The molecule has 1 unspecified atom stereocenters. The third-order valence-electron chi connectivity index (χ3n) is 4.27. The molecular weight excluding hydrogens is 258 g/mol. The minimum absolute atomic E-state index is 0.335. The quantitative estimate of drug-likeness (QED) is 0.544. The van der Waals surface area contributed by atoms with Gasteiger partial charge in [-0.15, -0.1) is 0 Å². The number of nitrogens with zero attached hydrogens (tertiary/aromatic N) is 1. The Bertz CT molecular complexity index is 293. The lowest BCUT2D eigenvalue weighted by molar-refractivity contribution is 0.0522. The number of rotatable bonds is 4. The number of aliphatic imine (C=N–C) groups is 1. The van der Waals surface area contributed by atoms with Crippen molar-refractivity contribution >= 4 is 17.7 Å². The van der Waals surface area contributed by atoms with Gasteiger partial charge in [0.15, 0.2) is 5.96 Å². The van der Waals surface area contributed by atoms with Crippen LogP contribution in [-0.4, -0.2) is 47.3 Å². The van der Waals surface area contributed by atoms with Crippen molar-refractivity contribution in [2.75, 3.05) is 25.9 Å². The molecule has 110 valence electrons. The van der Waals surface area contributed by atoms with Gasteiger partial charge in [-0.25, -0.2) is 0 Å². The van der Waals surface area contributed by atoms with Gasteiger partial charge in [0, 0.05) is 24.9 Å². The van der Waals surface area contributed by atoms with Gasteiger partial charge in [-0.3, -0.25) is 4.99 Å². The molecule has 0 aromatic heterocycles. The summed E-state index contributed by atoms with van der Waals surface area (Å²) in [4.78, 5) is 4.25. The molecule has 1 heterocycles. The molecule has 1 atom stereocenters. The second-order valence-electron chi connectivity index (χ2n) is 6.11. The van der Waals surface area contributed by atoms with Crippen molar-refractivity contribution in [1.82, 2.24) is 10.6 Å². The molecule has 0 aromatic carbocycles. The lowest BCUT2D eigenvalue weighted by Crippen LogP contribution is -2.48. The van der Waals surface area contributed by atoms with Crippen LogP contribution in [0, 0.1) is 0 Å². The van der Waals surface area contributed by atoms with E-state index in [9.17, 15) is 5.11 Å². The molecule has 4 nitrogen and oxygen atoms in total. The first-order valence-corrected chi connectivity index (χ1v) is 8.35.